The van der Waals surface area contributed by atoms with Crippen molar-refractivity contribution in [3.63, 3.8) is 0 Å². The van der Waals surface area contributed by atoms with E-state index in [0.717, 1.165) is 12.1 Å². The van der Waals surface area contributed by atoms with Gasteiger partial charge in [0, 0.05) is 18.6 Å². The van der Waals surface area contributed by atoms with Gasteiger partial charge < -0.3 is 10.8 Å². The minimum atomic E-state index is -4.36. The Labute approximate surface area is 107 Å². The minimum absolute atomic E-state index is 0.0666. The van der Waals surface area contributed by atoms with Crippen molar-refractivity contribution in [3.05, 3.63) is 41.6 Å². The Kier molecular flexibility index (Phi) is 3.48. The summed E-state index contributed by atoms with van der Waals surface area (Å²) in [6.45, 7) is -0.0666. The van der Waals surface area contributed by atoms with Gasteiger partial charge in [-0.05, 0) is 24.3 Å². The van der Waals surface area contributed by atoms with Gasteiger partial charge in [-0.3, -0.25) is 0 Å². The maximum atomic E-state index is 12.4. The Morgan fingerprint density at radius 1 is 1.21 bits per heavy atom. The minimum Gasteiger partial charge on any atom is -0.396 e. The molecule has 7 heteroatoms. The van der Waals surface area contributed by atoms with Gasteiger partial charge in [0.25, 0.3) is 0 Å². The zero-order valence-corrected chi connectivity index (χ0v) is 9.85. The highest BCUT2D eigenvalue weighted by Gasteiger charge is 2.30. The van der Waals surface area contributed by atoms with Gasteiger partial charge in [-0.1, -0.05) is 0 Å². The van der Waals surface area contributed by atoms with Crippen LogP contribution in [0.5, 0.6) is 0 Å². The van der Waals surface area contributed by atoms with E-state index >= 15 is 0 Å². The topological polar surface area (TPSA) is 64.1 Å². The Morgan fingerprint density at radius 3 is 2.37 bits per heavy atom. The average Bonchev–Trinajstić information content (AvgIpc) is 2.71. The van der Waals surface area contributed by atoms with Crippen molar-refractivity contribution in [3.8, 4) is 5.69 Å². The number of anilines is 1. The highest BCUT2D eigenvalue weighted by molar-refractivity contribution is 5.47. The zero-order valence-electron chi connectivity index (χ0n) is 9.85. The first kappa shape index (κ1) is 13.4. The molecule has 0 unspecified atom stereocenters. The predicted octanol–water partition coefficient (Wildman–Crippen LogP) is 2.01. The standard InChI is InChI=1S/C12H12F3N3O/c13-12(14,15)9-1-3-10(4-2-9)18-11(16)8(5-6-19)7-17-18/h1-4,7,19H,5-6,16H2. The molecule has 0 aliphatic heterocycles. The van der Waals surface area contributed by atoms with Gasteiger partial charge in [-0.2, -0.15) is 18.3 Å². The molecule has 2 rings (SSSR count). The summed E-state index contributed by atoms with van der Waals surface area (Å²) in [7, 11) is 0. The van der Waals surface area contributed by atoms with Crippen LogP contribution >= 0.6 is 0 Å². The monoisotopic (exact) mass is 271 g/mol. The summed E-state index contributed by atoms with van der Waals surface area (Å²) < 4.78 is 38.6. The molecule has 3 N–H and O–H groups in total. The molecular weight excluding hydrogens is 259 g/mol. The molecule has 4 nitrogen and oxygen atoms in total. The molecule has 0 bridgehead atoms. The number of halogens is 3. The molecule has 0 saturated heterocycles. The number of hydrogen-bond donors (Lipinski definition) is 2. The molecule has 102 valence electrons. The Hall–Kier alpha value is -2.02. The van der Waals surface area contributed by atoms with E-state index in [9.17, 15) is 13.2 Å². The highest BCUT2D eigenvalue weighted by atomic mass is 19.4. The molecule has 0 atom stereocenters. The van der Waals surface area contributed by atoms with Crippen LogP contribution in [0.2, 0.25) is 0 Å². The first-order valence-electron chi connectivity index (χ1n) is 5.54. The largest absolute Gasteiger partial charge is 0.416 e. The summed E-state index contributed by atoms with van der Waals surface area (Å²) in [5.74, 6) is 0.314. The first-order chi connectivity index (χ1) is 8.93. The Morgan fingerprint density at radius 2 is 1.84 bits per heavy atom. The molecule has 0 aliphatic rings. The van der Waals surface area contributed by atoms with Crippen LogP contribution in [0.3, 0.4) is 0 Å². The van der Waals surface area contributed by atoms with Gasteiger partial charge >= 0.3 is 6.18 Å². The third kappa shape index (κ3) is 2.70. The molecule has 0 fully saturated rings. The lowest BCUT2D eigenvalue weighted by Gasteiger charge is -2.08. The summed E-state index contributed by atoms with van der Waals surface area (Å²) in [6, 6.07) is 4.55. The number of aliphatic hydroxyl groups excluding tert-OH is 1. The number of aromatic nitrogens is 2. The van der Waals surface area contributed by atoms with Crippen molar-refractivity contribution < 1.29 is 18.3 Å². The Bertz CT molecular complexity index is 561. The maximum absolute atomic E-state index is 12.4. The lowest BCUT2D eigenvalue weighted by Crippen LogP contribution is -2.07. The summed E-state index contributed by atoms with van der Waals surface area (Å²) >= 11 is 0. The molecule has 2 aromatic rings. The number of nitrogen functional groups attached to an aromatic ring is 1. The predicted molar refractivity (Wildman–Crippen MR) is 63.8 cm³/mol. The molecule has 1 heterocycles. The third-order valence-electron chi connectivity index (χ3n) is 2.71. The normalized spacial score (nSPS) is 11.8. The molecule has 0 spiro atoms. The van der Waals surface area contributed by atoms with Crippen molar-refractivity contribution >= 4 is 5.82 Å². The number of rotatable bonds is 3. The van der Waals surface area contributed by atoms with Gasteiger partial charge in [0.2, 0.25) is 0 Å². The average molecular weight is 271 g/mol. The number of aliphatic hydroxyl groups is 1. The molecule has 0 radical (unpaired) electrons. The third-order valence-corrected chi connectivity index (χ3v) is 2.71. The van der Waals surface area contributed by atoms with E-state index in [1.165, 1.54) is 23.0 Å². The van der Waals surface area contributed by atoms with E-state index in [0.29, 0.717) is 23.5 Å². The van der Waals surface area contributed by atoms with Crippen molar-refractivity contribution in [2.75, 3.05) is 12.3 Å². The van der Waals surface area contributed by atoms with Crippen LogP contribution in [-0.4, -0.2) is 21.5 Å². The van der Waals surface area contributed by atoms with E-state index in [1.54, 1.807) is 0 Å². The summed E-state index contributed by atoms with van der Waals surface area (Å²) in [5.41, 5.74) is 6.18. The molecule has 1 aromatic heterocycles. The second-order valence-corrected chi connectivity index (χ2v) is 3.99. The SMILES string of the molecule is Nc1c(CCO)cnn1-c1ccc(C(F)(F)F)cc1. The number of hydrogen-bond acceptors (Lipinski definition) is 3. The van der Waals surface area contributed by atoms with Crippen LogP contribution in [0, 0.1) is 0 Å². The van der Waals surface area contributed by atoms with Gasteiger partial charge in [-0.25, -0.2) is 4.68 Å². The zero-order chi connectivity index (χ0) is 14.0. The maximum Gasteiger partial charge on any atom is 0.416 e. The van der Waals surface area contributed by atoms with E-state index < -0.39 is 11.7 Å². The molecule has 0 aliphatic carbocycles. The number of nitrogens with two attached hydrogens (primary N) is 1. The molecule has 0 amide bonds. The van der Waals surface area contributed by atoms with Gasteiger partial charge in [0.15, 0.2) is 0 Å². The number of benzene rings is 1. The lowest BCUT2D eigenvalue weighted by molar-refractivity contribution is -0.137. The van der Waals surface area contributed by atoms with Crippen molar-refractivity contribution in [1.82, 2.24) is 9.78 Å². The van der Waals surface area contributed by atoms with Crippen molar-refractivity contribution in [1.29, 1.82) is 0 Å². The Balaban J connectivity index is 2.32. The molecule has 0 saturated carbocycles. The number of alkyl halides is 3. The lowest BCUT2D eigenvalue weighted by atomic mass is 10.2. The second-order valence-electron chi connectivity index (χ2n) is 3.99. The van der Waals surface area contributed by atoms with Crippen molar-refractivity contribution in [2.45, 2.75) is 12.6 Å². The van der Waals surface area contributed by atoms with Gasteiger partial charge in [-0.15, -0.1) is 0 Å². The summed E-state index contributed by atoms with van der Waals surface area (Å²) in [6.07, 6.45) is -2.52. The van der Waals surface area contributed by atoms with Gasteiger partial charge in [0.1, 0.15) is 5.82 Å². The summed E-state index contributed by atoms with van der Waals surface area (Å²) in [5, 5.41) is 12.8. The molecule has 19 heavy (non-hydrogen) atoms. The molecular formula is C12H12F3N3O. The second kappa shape index (κ2) is 4.93. The highest BCUT2D eigenvalue weighted by Crippen LogP contribution is 2.30. The quantitative estimate of drug-likeness (QED) is 0.897. The fraction of sp³-hybridized carbons (Fsp3) is 0.250. The first-order valence-corrected chi connectivity index (χ1v) is 5.54. The van der Waals surface area contributed by atoms with Crippen LogP contribution in [0.25, 0.3) is 5.69 Å². The van der Waals surface area contributed by atoms with Crippen LogP contribution < -0.4 is 5.73 Å². The summed E-state index contributed by atoms with van der Waals surface area (Å²) in [4.78, 5) is 0. The van der Waals surface area contributed by atoms with Crippen LogP contribution in [0.15, 0.2) is 30.5 Å². The molecule has 1 aromatic carbocycles. The van der Waals surface area contributed by atoms with E-state index in [4.69, 9.17) is 10.8 Å². The smallest absolute Gasteiger partial charge is 0.396 e. The van der Waals surface area contributed by atoms with E-state index in [2.05, 4.69) is 5.10 Å². The van der Waals surface area contributed by atoms with E-state index in [-0.39, 0.29) is 6.61 Å². The fourth-order valence-corrected chi connectivity index (χ4v) is 1.70. The van der Waals surface area contributed by atoms with Crippen LogP contribution in [0.1, 0.15) is 11.1 Å². The van der Waals surface area contributed by atoms with E-state index in [1.807, 2.05) is 0 Å². The van der Waals surface area contributed by atoms with Crippen molar-refractivity contribution in [2.24, 2.45) is 0 Å². The van der Waals surface area contributed by atoms with Crippen LogP contribution in [0.4, 0.5) is 19.0 Å². The fourth-order valence-electron chi connectivity index (χ4n) is 1.70. The van der Waals surface area contributed by atoms with Crippen LogP contribution in [-0.2, 0) is 12.6 Å². The van der Waals surface area contributed by atoms with Gasteiger partial charge in [0.05, 0.1) is 17.4 Å². The number of nitrogens with zero attached hydrogens (tertiary/aromatic N) is 2.